The Kier molecular flexibility index (Phi) is 3.36. The Bertz CT molecular complexity index is 339. The van der Waals surface area contributed by atoms with E-state index in [-0.39, 0.29) is 17.1 Å². The van der Waals surface area contributed by atoms with E-state index in [4.69, 9.17) is 14.9 Å². The largest absolute Gasteiger partial charge is 0.569 e. The Morgan fingerprint density at radius 1 is 1.50 bits per heavy atom. The first-order chi connectivity index (χ1) is 6.69. The first-order valence-electron chi connectivity index (χ1n) is 3.73. The summed E-state index contributed by atoms with van der Waals surface area (Å²) in [7, 11) is 1.86. The molecule has 1 radical (unpaired) electrons. The highest BCUT2D eigenvalue weighted by molar-refractivity contribution is 6.17. The van der Waals surface area contributed by atoms with Crippen molar-refractivity contribution in [3.8, 4) is 11.5 Å². The molecule has 1 aromatic carbocycles. The second-order valence-corrected chi connectivity index (χ2v) is 2.39. The van der Waals surface area contributed by atoms with Gasteiger partial charge in [-0.25, -0.2) is 4.79 Å². The minimum absolute atomic E-state index is 0.0214. The van der Waals surface area contributed by atoms with E-state index >= 15 is 0 Å². The lowest BCUT2D eigenvalue weighted by molar-refractivity contribution is 0.0693. The third-order valence-corrected chi connectivity index (χ3v) is 1.59. The van der Waals surface area contributed by atoms with Crippen molar-refractivity contribution in [3.63, 3.8) is 0 Å². The summed E-state index contributed by atoms with van der Waals surface area (Å²) >= 11 is 0. The van der Waals surface area contributed by atoms with Crippen LogP contribution in [0, 0.1) is 0 Å². The highest BCUT2D eigenvalue weighted by Crippen LogP contribution is 2.23. The molecule has 0 aliphatic heterocycles. The van der Waals surface area contributed by atoms with Crippen LogP contribution >= 0.6 is 0 Å². The van der Waals surface area contributed by atoms with Crippen molar-refractivity contribution < 1.29 is 24.3 Å². The Morgan fingerprint density at radius 3 is 2.71 bits per heavy atom. The quantitative estimate of drug-likeness (QED) is 0.675. The van der Waals surface area contributed by atoms with Crippen LogP contribution in [0.3, 0.4) is 0 Å². The molecule has 0 unspecified atom stereocenters. The van der Waals surface area contributed by atoms with Gasteiger partial charge in [-0.05, 0) is 18.2 Å². The molecule has 73 valence electrons. The molecule has 0 heterocycles. The van der Waals surface area contributed by atoms with Crippen molar-refractivity contribution in [2.75, 3.05) is 7.11 Å². The van der Waals surface area contributed by atoms with Gasteiger partial charge in [0, 0.05) is 0 Å². The molecule has 0 bridgehead atoms. The van der Waals surface area contributed by atoms with Gasteiger partial charge in [-0.2, -0.15) is 0 Å². The minimum atomic E-state index is -1.12. The average molecular weight is 195 g/mol. The van der Waals surface area contributed by atoms with Crippen LogP contribution in [0.2, 0.25) is 0 Å². The Hall–Kier alpha value is -1.69. The molecule has 1 aromatic rings. The third kappa shape index (κ3) is 2.17. The lowest BCUT2D eigenvalue weighted by Crippen LogP contribution is -2.04. The zero-order chi connectivity index (χ0) is 10.6. The molecule has 0 saturated carbocycles. The molecule has 0 aliphatic rings. The summed E-state index contributed by atoms with van der Waals surface area (Å²) in [4.78, 5) is 10.7. The summed E-state index contributed by atoms with van der Waals surface area (Å²) in [5.41, 5.74) is -0.0214. The lowest BCUT2D eigenvalue weighted by atomic mass is 10.2. The summed E-state index contributed by atoms with van der Waals surface area (Å²) in [6.45, 7) is 0. The molecule has 0 fully saturated rings. The van der Waals surface area contributed by atoms with Crippen LogP contribution in [-0.4, -0.2) is 30.9 Å². The Labute approximate surface area is 81.2 Å². The van der Waals surface area contributed by atoms with Crippen molar-refractivity contribution in [1.82, 2.24) is 0 Å². The van der Waals surface area contributed by atoms with E-state index in [0.29, 0.717) is 7.69 Å². The number of carboxylic acid groups (broad SMARTS) is 1. The number of carboxylic acids is 1. The number of benzene rings is 1. The van der Waals surface area contributed by atoms with Gasteiger partial charge in [-0.15, -0.1) is 0 Å². The molecule has 0 saturated heterocycles. The maximum absolute atomic E-state index is 10.7. The number of ether oxygens (including phenoxy) is 1. The van der Waals surface area contributed by atoms with Crippen LogP contribution in [0.1, 0.15) is 10.4 Å². The van der Waals surface area contributed by atoms with E-state index in [2.05, 4.69) is 4.65 Å². The molecular weight excluding hydrogens is 187 g/mol. The van der Waals surface area contributed by atoms with Gasteiger partial charge in [0.1, 0.15) is 17.1 Å². The zero-order valence-electron chi connectivity index (χ0n) is 7.43. The molecule has 0 atom stereocenters. The van der Waals surface area contributed by atoms with Crippen LogP contribution in [0.4, 0.5) is 0 Å². The Balaban J connectivity index is 3.07. The lowest BCUT2D eigenvalue weighted by Gasteiger charge is -2.07. The molecule has 5 nitrogen and oxygen atoms in total. The van der Waals surface area contributed by atoms with Gasteiger partial charge < -0.3 is 19.5 Å². The maximum atomic E-state index is 10.7. The normalized spacial score (nSPS) is 9.29. The number of rotatable bonds is 4. The summed E-state index contributed by atoms with van der Waals surface area (Å²) in [6.07, 6.45) is 0. The molecule has 0 aromatic heterocycles. The van der Waals surface area contributed by atoms with E-state index < -0.39 is 5.97 Å². The van der Waals surface area contributed by atoms with Crippen LogP contribution < -0.4 is 9.39 Å². The highest BCUT2D eigenvalue weighted by Gasteiger charge is 2.11. The molecule has 0 aliphatic carbocycles. The predicted octanol–water partition coefficient (Wildman–Crippen LogP) is 0.299. The van der Waals surface area contributed by atoms with Crippen molar-refractivity contribution in [2.24, 2.45) is 0 Å². The van der Waals surface area contributed by atoms with Gasteiger partial charge in [-0.1, -0.05) is 0 Å². The van der Waals surface area contributed by atoms with Crippen LogP contribution in [0.25, 0.3) is 0 Å². The molecule has 1 rings (SSSR count). The molecule has 2 N–H and O–H groups in total. The smallest absolute Gasteiger partial charge is 0.537 e. The second kappa shape index (κ2) is 4.52. The summed E-state index contributed by atoms with van der Waals surface area (Å²) < 4.78 is 9.44. The topological polar surface area (TPSA) is 76.0 Å². The van der Waals surface area contributed by atoms with Gasteiger partial charge >= 0.3 is 13.7 Å². The van der Waals surface area contributed by atoms with E-state index in [0.717, 1.165) is 0 Å². The minimum Gasteiger partial charge on any atom is -0.537 e. The monoisotopic (exact) mass is 195 g/mol. The first-order valence-corrected chi connectivity index (χ1v) is 3.73. The molecule has 0 amide bonds. The predicted molar refractivity (Wildman–Crippen MR) is 48.6 cm³/mol. The van der Waals surface area contributed by atoms with Crippen molar-refractivity contribution in [1.29, 1.82) is 0 Å². The van der Waals surface area contributed by atoms with E-state index in [1.54, 1.807) is 0 Å². The van der Waals surface area contributed by atoms with Gasteiger partial charge in [-0.3, -0.25) is 0 Å². The highest BCUT2D eigenvalue weighted by atomic mass is 16.5. The zero-order valence-corrected chi connectivity index (χ0v) is 7.43. The van der Waals surface area contributed by atoms with Crippen LogP contribution in [0.5, 0.6) is 11.5 Å². The van der Waals surface area contributed by atoms with E-state index in [1.165, 1.54) is 25.3 Å². The average Bonchev–Trinajstić information content (AvgIpc) is 2.18. The van der Waals surface area contributed by atoms with Crippen molar-refractivity contribution in [3.05, 3.63) is 23.8 Å². The fraction of sp³-hybridized carbons (Fsp3) is 0.125. The summed E-state index contributed by atoms with van der Waals surface area (Å²) in [6, 6.07) is 4.19. The fourth-order valence-corrected chi connectivity index (χ4v) is 0.988. The fourth-order valence-electron chi connectivity index (χ4n) is 0.988. The van der Waals surface area contributed by atoms with Crippen LogP contribution in [0.15, 0.2) is 18.2 Å². The first kappa shape index (κ1) is 10.4. The Morgan fingerprint density at radius 2 is 2.21 bits per heavy atom. The number of carbonyl (C=O) groups is 1. The van der Waals surface area contributed by atoms with E-state index in [1.807, 2.05) is 0 Å². The second-order valence-electron chi connectivity index (χ2n) is 2.39. The number of hydrogen-bond donors (Lipinski definition) is 2. The summed E-state index contributed by atoms with van der Waals surface area (Å²) in [5, 5.41) is 17.1. The molecular formula is C8H8BO5. The van der Waals surface area contributed by atoms with Crippen LogP contribution in [-0.2, 0) is 0 Å². The number of hydrogen-bond acceptors (Lipinski definition) is 4. The van der Waals surface area contributed by atoms with Gasteiger partial charge in [0.15, 0.2) is 0 Å². The maximum Gasteiger partial charge on any atom is 0.569 e. The van der Waals surface area contributed by atoms with Crippen molar-refractivity contribution in [2.45, 2.75) is 0 Å². The number of aromatic carboxylic acids is 1. The van der Waals surface area contributed by atoms with Gasteiger partial charge in [0.2, 0.25) is 0 Å². The third-order valence-electron chi connectivity index (χ3n) is 1.59. The SMILES string of the molecule is COc1ccc(O[B]O)cc1C(=O)O. The number of methoxy groups -OCH3 is 1. The van der Waals surface area contributed by atoms with Gasteiger partial charge in [0.05, 0.1) is 7.11 Å². The summed E-state index contributed by atoms with van der Waals surface area (Å²) in [5.74, 6) is -0.654. The van der Waals surface area contributed by atoms with E-state index in [9.17, 15) is 4.79 Å². The molecule has 14 heavy (non-hydrogen) atoms. The molecule has 0 spiro atoms. The standard InChI is InChI=1S/C8H8BO5/c1-13-7-3-2-5(14-9-12)4-6(7)8(10)11/h2-4,12H,1H3,(H,10,11). The van der Waals surface area contributed by atoms with Crippen molar-refractivity contribution >= 4 is 13.7 Å². The van der Waals surface area contributed by atoms with Gasteiger partial charge in [0.25, 0.3) is 0 Å². The molecule has 6 heteroatoms.